The van der Waals surface area contributed by atoms with Gasteiger partial charge in [-0.25, -0.2) is 0 Å². The predicted molar refractivity (Wildman–Crippen MR) is 78.2 cm³/mol. The van der Waals surface area contributed by atoms with Gasteiger partial charge in [-0.3, -0.25) is 0 Å². The smallest absolute Gasteiger partial charge is 0.160 e. The molecule has 2 rings (SSSR count). The van der Waals surface area contributed by atoms with Crippen LogP contribution in [0.4, 0.5) is 0 Å². The van der Waals surface area contributed by atoms with Crippen LogP contribution in [-0.4, -0.2) is 19.3 Å². The van der Waals surface area contributed by atoms with Gasteiger partial charge in [0.2, 0.25) is 0 Å². The molecule has 0 aromatic heterocycles. The summed E-state index contributed by atoms with van der Waals surface area (Å²) in [5.41, 5.74) is 2.19. The van der Waals surface area contributed by atoms with E-state index in [-0.39, 0.29) is 5.75 Å². The Morgan fingerprint density at radius 2 is 1.55 bits per heavy atom. The van der Waals surface area contributed by atoms with E-state index in [0.717, 1.165) is 17.9 Å². The highest BCUT2D eigenvalue weighted by atomic mass is 16.5. The van der Waals surface area contributed by atoms with Crippen molar-refractivity contribution in [1.29, 1.82) is 0 Å². The highest BCUT2D eigenvalue weighted by molar-refractivity contribution is 5.41. The molecule has 0 aliphatic heterocycles. The van der Waals surface area contributed by atoms with Gasteiger partial charge in [-0.05, 0) is 35.4 Å². The third-order valence-electron chi connectivity index (χ3n) is 3.06. The lowest BCUT2D eigenvalue weighted by atomic mass is 10.2. The van der Waals surface area contributed by atoms with E-state index in [0.29, 0.717) is 12.3 Å². The van der Waals surface area contributed by atoms with Gasteiger partial charge in [0, 0.05) is 13.1 Å². The second-order valence-corrected chi connectivity index (χ2v) is 4.46. The number of phenolic OH excluding ortho intramolecular Hbond substituents is 1. The third kappa shape index (κ3) is 3.65. The number of aromatic hydroxyl groups is 1. The largest absolute Gasteiger partial charge is 0.504 e. The molecule has 20 heavy (non-hydrogen) atoms. The summed E-state index contributed by atoms with van der Waals surface area (Å²) in [6.07, 6.45) is 0. The molecule has 0 atom stereocenters. The minimum Gasteiger partial charge on any atom is -0.504 e. The van der Waals surface area contributed by atoms with Gasteiger partial charge in [-0.1, -0.05) is 18.2 Å². The highest BCUT2D eigenvalue weighted by Gasteiger charge is 2.02. The van der Waals surface area contributed by atoms with Crippen LogP contribution in [0.5, 0.6) is 17.2 Å². The van der Waals surface area contributed by atoms with E-state index in [1.807, 2.05) is 30.3 Å². The average molecular weight is 273 g/mol. The van der Waals surface area contributed by atoms with Gasteiger partial charge in [-0.2, -0.15) is 0 Å². The van der Waals surface area contributed by atoms with Crippen LogP contribution in [0, 0.1) is 0 Å². The Balaban J connectivity index is 1.87. The average Bonchev–Trinajstić information content (AvgIpc) is 2.48. The van der Waals surface area contributed by atoms with Crippen LogP contribution in [0.2, 0.25) is 0 Å². The Kier molecular flexibility index (Phi) is 4.85. The Bertz CT molecular complexity index is 552. The predicted octanol–water partition coefficient (Wildman–Crippen LogP) is 2.70. The Hall–Kier alpha value is -2.20. The fourth-order valence-corrected chi connectivity index (χ4v) is 1.94. The molecule has 4 heteroatoms. The number of ether oxygens (including phenoxy) is 2. The van der Waals surface area contributed by atoms with Crippen LogP contribution in [0.15, 0.2) is 42.5 Å². The van der Waals surface area contributed by atoms with Crippen LogP contribution in [0.3, 0.4) is 0 Å². The van der Waals surface area contributed by atoms with Gasteiger partial charge in [-0.15, -0.1) is 0 Å². The number of benzene rings is 2. The molecule has 0 radical (unpaired) electrons. The first-order chi connectivity index (χ1) is 9.72. The van der Waals surface area contributed by atoms with Gasteiger partial charge in [0.15, 0.2) is 11.5 Å². The number of hydrogen-bond acceptors (Lipinski definition) is 4. The van der Waals surface area contributed by atoms with Crippen LogP contribution in [-0.2, 0) is 13.1 Å². The Morgan fingerprint density at radius 1 is 0.900 bits per heavy atom. The number of phenols is 1. The van der Waals surface area contributed by atoms with Crippen LogP contribution in [0.1, 0.15) is 11.1 Å². The molecule has 2 aromatic rings. The summed E-state index contributed by atoms with van der Waals surface area (Å²) in [6, 6.07) is 13.3. The topological polar surface area (TPSA) is 50.7 Å². The molecule has 0 saturated carbocycles. The van der Waals surface area contributed by atoms with Crippen molar-refractivity contribution >= 4 is 0 Å². The molecule has 0 saturated heterocycles. The van der Waals surface area contributed by atoms with Crippen molar-refractivity contribution in [3.63, 3.8) is 0 Å². The molecule has 0 fully saturated rings. The second kappa shape index (κ2) is 6.82. The van der Waals surface area contributed by atoms with Crippen LogP contribution < -0.4 is 14.8 Å². The summed E-state index contributed by atoms with van der Waals surface area (Å²) in [5, 5.41) is 13.0. The van der Waals surface area contributed by atoms with E-state index in [1.165, 1.54) is 12.7 Å². The summed E-state index contributed by atoms with van der Waals surface area (Å²) in [7, 11) is 3.19. The maximum atomic E-state index is 9.70. The monoisotopic (exact) mass is 273 g/mol. The molecule has 2 N–H and O–H groups in total. The molecule has 0 heterocycles. The first-order valence-electron chi connectivity index (χ1n) is 6.42. The maximum Gasteiger partial charge on any atom is 0.160 e. The van der Waals surface area contributed by atoms with Crippen molar-refractivity contribution in [3.8, 4) is 17.2 Å². The molecule has 2 aromatic carbocycles. The van der Waals surface area contributed by atoms with Crippen molar-refractivity contribution in [2.45, 2.75) is 13.1 Å². The molecule has 4 nitrogen and oxygen atoms in total. The van der Waals surface area contributed by atoms with E-state index in [4.69, 9.17) is 9.47 Å². The molecule has 106 valence electrons. The van der Waals surface area contributed by atoms with Gasteiger partial charge >= 0.3 is 0 Å². The normalized spacial score (nSPS) is 10.3. The fraction of sp³-hybridized carbons (Fsp3) is 0.250. The van der Waals surface area contributed by atoms with Crippen LogP contribution >= 0.6 is 0 Å². The van der Waals surface area contributed by atoms with E-state index in [2.05, 4.69) is 5.32 Å². The number of hydrogen-bond donors (Lipinski definition) is 2. The molecular weight excluding hydrogens is 254 g/mol. The number of rotatable bonds is 6. The lowest BCUT2D eigenvalue weighted by Crippen LogP contribution is -2.12. The summed E-state index contributed by atoms with van der Waals surface area (Å²) in [4.78, 5) is 0. The highest BCUT2D eigenvalue weighted by Crippen LogP contribution is 2.26. The van der Waals surface area contributed by atoms with E-state index in [1.54, 1.807) is 19.2 Å². The van der Waals surface area contributed by atoms with Crippen molar-refractivity contribution in [1.82, 2.24) is 5.32 Å². The third-order valence-corrected chi connectivity index (χ3v) is 3.06. The molecule has 0 aliphatic carbocycles. The fourth-order valence-electron chi connectivity index (χ4n) is 1.94. The van der Waals surface area contributed by atoms with E-state index >= 15 is 0 Å². The van der Waals surface area contributed by atoms with Gasteiger partial charge in [0.05, 0.1) is 14.2 Å². The van der Waals surface area contributed by atoms with Gasteiger partial charge < -0.3 is 19.9 Å². The number of methoxy groups -OCH3 is 2. The lowest BCUT2D eigenvalue weighted by molar-refractivity contribution is 0.373. The molecule has 0 bridgehead atoms. The minimum atomic E-state index is 0.163. The zero-order chi connectivity index (χ0) is 14.4. The Morgan fingerprint density at radius 3 is 2.15 bits per heavy atom. The van der Waals surface area contributed by atoms with Crippen molar-refractivity contribution < 1.29 is 14.6 Å². The molecule has 0 aliphatic rings. The van der Waals surface area contributed by atoms with Crippen molar-refractivity contribution in [2.75, 3.05) is 14.2 Å². The zero-order valence-electron chi connectivity index (χ0n) is 11.7. The molecule has 0 amide bonds. The summed E-state index contributed by atoms with van der Waals surface area (Å²) in [6.45, 7) is 1.44. The zero-order valence-corrected chi connectivity index (χ0v) is 11.7. The standard InChI is InChI=1S/C16H19NO3/c1-19-14-6-3-12(4-7-14)10-17-11-13-5-8-16(20-2)15(18)9-13/h3-9,17-18H,10-11H2,1-2H3. The summed E-state index contributed by atoms with van der Waals surface area (Å²) < 4.78 is 10.1. The molecular formula is C16H19NO3. The molecule has 0 unspecified atom stereocenters. The van der Waals surface area contributed by atoms with Crippen LogP contribution in [0.25, 0.3) is 0 Å². The van der Waals surface area contributed by atoms with Crippen molar-refractivity contribution in [2.24, 2.45) is 0 Å². The minimum absolute atomic E-state index is 0.163. The lowest BCUT2D eigenvalue weighted by Gasteiger charge is -2.08. The van der Waals surface area contributed by atoms with E-state index < -0.39 is 0 Å². The summed E-state index contributed by atoms with van der Waals surface area (Å²) in [5.74, 6) is 1.51. The van der Waals surface area contributed by atoms with E-state index in [9.17, 15) is 5.11 Å². The second-order valence-electron chi connectivity index (χ2n) is 4.46. The first-order valence-corrected chi connectivity index (χ1v) is 6.42. The Labute approximate surface area is 119 Å². The molecule has 0 spiro atoms. The number of nitrogens with one attached hydrogen (secondary N) is 1. The van der Waals surface area contributed by atoms with Gasteiger partial charge in [0.1, 0.15) is 5.75 Å². The maximum absolute atomic E-state index is 9.70. The quantitative estimate of drug-likeness (QED) is 0.849. The summed E-state index contributed by atoms with van der Waals surface area (Å²) >= 11 is 0. The van der Waals surface area contributed by atoms with Gasteiger partial charge in [0.25, 0.3) is 0 Å². The van der Waals surface area contributed by atoms with Crippen molar-refractivity contribution in [3.05, 3.63) is 53.6 Å². The first kappa shape index (κ1) is 14.2. The SMILES string of the molecule is COc1ccc(CNCc2ccc(OC)c(O)c2)cc1.